The molecule has 0 bridgehead atoms. The fraction of sp³-hybridized carbons (Fsp3) is 0.600. The molecule has 1 saturated carbocycles. The Balaban J connectivity index is 1.89. The summed E-state index contributed by atoms with van der Waals surface area (Å²) in [5.74, 6) is 0.705. The first-order chi connectivity index (χ1) is 15.9. The quantitative estimate of drug-likeness (QED) is 0.397. The molecule has 3 unspecified atom stereocenters. The number of halogens is 1. The maximum Gasteiger partial charge on any atom is 0.247 e. The number of carbonyl (C=O) groups is 2. The number of rotatable bonds is 9. The number of para-hydroxylation sites is 1. The van der Waals surface area contributed by atoms with Crippen molar-refractivity contribution in [1.29, 1.82) is 0 Å². The van der Waals surface area contributed by atoms with Gasteiger partial charge in [0, 0.05) is 31.5 Å². The van der Waals surface area contributed by atoms with Crippen molar-refractivity contribution in [2.75, 3.05) is 19.7 Å². The first-order valence-corrected chi connectivity index (χ1v) is 13.0. The molecule has 0 saturated heterocycles. The van der Waals surface area contributed by atoms with Gasteiger partial charge >= 0.3 is 0 Å². The Morgan fingerprint density at radius 3 is 2.61 bits per heavy atom. The normalized spacial score (nSPS) is 23.5. The number of hydrogen-bond acceptors (Lipinski definition) is 5. The van der Waals surface area contributed by atoms with E-state index in [4.69, 9.17) is 9.84 Å². The first kappa shape index (κ1) is 26.0. The highest BCUT2D eigenvalue weighted by Gasteiger charge is 2.41. The van der Waals surface area contributed by atoms with Crippen molar-refractivity contribution in [2.24, 2.45) is 5.92 Å². The van der Waals surface area contributed by atoms with Crippen molar-refractivity contribution in [2.45, 2.75) is 70.1 Å². The molecule has 0 aromatic heterocycles. The molecule has 1 fully saturated rings. The summed E-state index contributed by atoms with van der Waals surface area (Å²) in [6.07, 6.45) is 6.24. The summed E-state index contributed by atoms with van der Waals surface area (Å²) >= 11 is 2.17. The summed E-state index contributed by atoms with van der Waals surface area (Å²) < 4.78 is 7.06. The Morgan fingerprint density at radius 2 is 1.94 bits per heavy atom. The molecule has 1 aromatic rings. The zero-order valence-corrected chi connectivity index (χ0v) is 21.4. The lowest BCUT2D eigenvalue weighted by Crippen LogP contribution is -2.56. The van der Waals surface area contributed by atoms with Crippen LogP contribution in [0.1, 0.15) is 51.9 Å². The van der Waals surface area contributed by atoms with E-state index >= 15 is 0 Å². The Labute approximate surface area is 209 Å². The highest BCUT2D eigenvalue weighted by Crippen LogP contribution is 2.32. The maximum atomic E-state index is 13.0. The largest absolute Gasteiger partial charge is 0.482 e. The molecule has 0 radical (unpaired) electrons. The van der Waals surface area contributed by atoms with E-state index in [1.54, 1.807) is 11.0 Å². The van der Waals surface area contributed by atoms with Gasteiger partial charge < -0.3 is 25.2 Å². The van der Waals surface area contributed by atoms with Gasteiger partial charge in [-0.15, -0.1) is 0 Å². The maximum absolute atomic E-state index is 13.0. The van der Waals surface area contributed by atoms with Crippen LogP contribution >= 0.6 is 22.6 Å². The van der Waals surface area contributed by atoms with Crippen molar-refractivity contribution < 1.29 is 24.5 Å². The van der Waals surface area contributed by atoms with Gasteiger partial charge in [0.15, 0.2) is 0 Å². The van der Waals surface area contributed by atoms with E-state index in [9.17, 15) is 14.7 Å². The molecule has 1 aromatic carbocycles. The molecule has 8 heteroatoms. The zero-order chi connectivity index (χ0) is 23.8. The SMILES string of the molecule is CCC(=O)N(CC1CCCCC1)C1CC(C(=O)NCCO)=CC(Oc2ccccc2I)C1O. The topological polar surface area (TPSA) is 99.1 Å². The number of nitrogens with one attached hydrogen (secondary N) is 1. The molecule has 3 N–H and O–H groups in total. The smallest absolute Gasteiger partial charge is 0.247 e. The van der Waals surface area contributed by atoms with E-state index in [2.05, 4.69) is 27.9 Å². The fourth-order valence-electron chi connectivity index (χ4n) is 4.74. The number of ether oxygens (including phenoxy) is 1. The minimum Gasteiger partial charge on any atom is -0.482 e. The van der Waals surface area contributed by atoms with Gasteiger partial charge in [-0.1, -0.05) is 38.3 Å². The second-order valence-corrected chi connectivity index (χ2v) is 10.0. The Bertz CT molecular complexity index is 840. The monoisotopic (exact) mass is 570 g/mol. The van der Waals surface area contributed by atoms with E-state index in [0.29, 0.717) is 30.2 Å². The van der Waals surface area contributed by atoms with Gasteiger partial charge in [0.1, 0.15) is 18.0 Å². The third-order valence-corrected chi connectivity index (χ3v) is 7.41. The molecule has 0 spiro atoms. The minimum absolute atomic E-state index is 0.0188. The van der Waals surface area contributed by atoms with Crippen LogP contribution in [-0.4, -0.2) is 64.9 Å². The van der Waals surface area contributed by atoms with E-state index in [0.717, 1.165) is 16.4 Å². The predicted octanol–water partition coefficient (Wildman–Crippen LogP) is 3.03. The average molecular weight is 570 g/mol. The molecule has 182 valence electrons. The van der Waals surface area contributed by atoms with Gasteiger partial charge in [0.25, 0.3) is 0 Å². The molecule has 2 aliphatic rings. The van der Waals surface area contributed by atoms with Crippen molar-refractivity contribution in [1.82, 2.24) is 10.2 Å². The molecule has 7 nitrogen and oxygen atoms in total. The molecular weight excluding hydrogens is 535 g/mol. The van der Waals surface area contributed by atoms with Crippen molar-refractivity contribution >= 4 is 34.4 Å². The molecular formula is C25H35IN2O5. The summed E-state index contributed by atoms with van der Waals surface area (Å²) in [5.41, 5.74) is 0.465. The highest BCUT2D eigenvalue weighted by molar-refractivity contribution is 14.1. The summed E-state index contributed by atoms with van der Waals surface area (Å²) in [5, 5.41) is 23.2. The van der Waals surface area contributed by atoms with Crippen LogP contribution < -0.4 is 10.1 Å². The van der Waals surface area contributed by atoms with Crippen LogP contribution in [0.15, 0.2) is 35.9 Å². The van der Waals surface area contributed by atoms with Crippen LogP contribution in [0.25, 0.3) is 0 Å². The fourth-order valence-corrected chi connectivity index (χ4v) is 5.25. The highest BCUT2D eigenvalue weighted by atomic mass is 127. The Kier molecular flexibility index (Phi) is 10.0. The molecule has 3 rings (SSSR count). The summed E-state index contributed by atoms with van der Waals surface area (Å²) in [6, 6.07) is 6.96. The van der Waals surface area contributed by atoms with Crippen LogP contribution in [-0.2, 0) is 9.59 Å². The third kappa shape index (κ3) is 6.93. The van der Waals surface area contributed by atoms with Gasteiger partial charge in [-0.2, -0.15) is 0 Å². The van der Waals surface area contributed by atoms with Gasteiger partial charge in [0.2, 0.25) is 11.8 Å². The molecule has 0 heterocycles. The molecule has 33 heavy (non-hydrogen) atoms. The van der Waals surface area contributed by atoms with E-state index < -0.39 is 18.2 Å². The predicted molar refractivity (Wildman–Crippen MR) is 135 cm³/mol. The number of amides is 2. The third-order valence-electron chi connectivity index (χ3n) is 6.52. The van der Waals surface area contributed by atoms with Gasteiger partial charge in [-0.05, 0) is 59.6 Å². The van der Waals surface area contributed by atoms with Crippen LogP contribution in [0.4, 0.5) is 0 Å². The summed E-state index contributed by atoms with van der Waals surface area (Å²) in [4.78, 5) is 27.6. The number of hydrogen-bond donors (Lipinski definition) is 3. The van der Waals surface area contributed by atoms with Gasteiger partial charge in [0.05, 0.1) is 16.2 Å². The molecule has 2 amide bonds. The second-order valence-electron chi connectivity index (χ2n) is 8.85. The second kappa shape index (κ2) is 12.7. The van der Waals surface area contributed by atoms with Gasteiger partial charge in [-0.25, -0.2) is 0 Å². The Morgan fingerprint density at radius 1 is 1.21 bits per heavy atom. The lowest BCUT2D eigenvalue weighted by molar-refractivity contribution is -0.139. The molecule has 3 atom stereocenters. The van der Waals surface area contributed by atoms with E-state index in [1.165, 1.54) is 19.3 Å². The average Bonchev–Trinajstić information content (AvgIpc) is 2.84. The van der Waals surface area contributed by atoms with Crippen LogP contribution in [0.5, 0.6) is 5.75 Å². The van der Waals surface area contributed by atoms with Crippen molar-refractivity contribution in [3.05, 3.63) is 39.5 Å². The summed E-state index contributed by atoms with van der Waals surface area (Å²) in [7, 11) is 0. The van der Waals surface area contributed by atoms with Crippen LogP contribution in [0.3, 0.4) is 0 Å². The van der Waals surface area contributed by atoms with Crippen molar-refractivity contribution in [3.8, 4) is 5.75 Å². The number of nitrogens with zero attached hydrogens (tertiary/aromatic N) is 1. The lowest BCUT2D eigenvalue weighted by Gasteiger charge is -2.42. The molecule has 2 aliphatic carbocycles. The number of aliphatic hydroxyl groups is 2. The number of carbonyl (C=O) groups excluding carboxylic acids is 2. The zero-order valence-electron chi connectivity index (χ0n) is 19.2. The van der Waals surface area contributed by atoms with E-state index in [-0.39, 0.29) is 31.4 Å². The standard InChI is InChI=1S/C25H35IN2O5/c1-2-23(30)28(16-17-8-4-3-5-9-17)20-14-18(25(32)27-12-13-29)15-22(24(20)31)33-21-11-7-6-10-19(21)26/h6-7,10-11,15,17,20,22,24,29,31H,2-5,8-9,12-14,16H2,1H3,(H,27,32). The summed E-state index contributed by atoms with van der Waals surface area (Å²) in [6.45, 7) is 2.41. The van der Waals surface area contributed by atoms with Crippen molar-refractivity contribution in [3.63, 3.8) is 0 Å². The number of aliphatic hydroxyl groups excluding tert-OH is 2. The minimum atomic E-state index is -0.963. The molecule has 0 aliphatic heterocycles. The Hall–Kier alpha value is -1.65. The first-order valence-electron chi connectivity index (χ1n) is 11.9. The number of benzene rings is 1. The lowest BCUT2D eigenvalue weighted by atomic mass is 9.85. The van der Waals surface area contributed by atoms with Crippen LogP contribution in [0, 0.1) is 9.49 Å². The van der Waals surface area contributed by atoms with Gasteiger partial charge in [-0.3, -0.25) is 9.59 Å². The van der Waals surface area contributed by atoms with Crippen LogP contribution in [0.2, 0.25) is 0 Å². The van der Waals surface area contributed by atoms with E-state index in [1.807, 2.05) is 31.2 Å².